The van der Waals surface area contributed by atoms with E-state index in [4.69, 9.17) is 4.74 Å². The van der Waals surface area contributed by atoms with Crippen LogP contribution in [0.15, 0.2) is 24.1 Å². The van der Waals surface area contributed by atoms with Gasteiger partial charge < -0.3 is 4.74 Å². The largest absolute Gasteiger partial charge is 0.426 e. The summed E-state index contributed by atoms with van der Waals surface area (Å²) in [5.41, 5.74) is 0. The van der Waals surface area contributed by atoms with Crippen LogP contribution in [0.3, 0.4) is 0 Å². The van der Waals surface area contributed by atoms with Crippen molar-refractivity contribution in [1.82, 2.24) is 0 Å². The number of rotatable bonds is 2. The van der Waals surface area contributed by atoms with Gasteiger partial charge in [0.25, 0.3) is 0 Å². The van der Waals surface area contributed by atoms with Crippen LogP contribution in [0.25, 0.3) is 0 Å². The molecule has 0 saturated heterocycles. The lowest BCUT2D eigenvalue weighted by atomic mass is 9.89. The first-order valence-corrected chi connectivity index (χ1v) is 6.03. The van der Waals surface area contributed by atoms with Crippen LogP contribution in [0.5, 0.6) is 0 Å². The SMILES string of the molecule is O=C(OC1=CC(F)[N+](F)(F)C=C1)C1CCCCC1. The molecule has 18 heavy (non-hydrogen) atoms. The first-order chi connectivity index (χ1) is 8.49. The van der Waals surface area contributed by atoms with E-state index < -0.39 is 17.2 Å². The molecule has 1 fully saturated rings. The van der Waals surface area contributed by atoms with Crippen molar-refractivity contribution >= 4 is 5.97 Å². The molecular formula is C12H15F3NO2+. The van der Waals surface area contributed by atoms with Gasteiger partial charge in [0, 0.05) is 6.08 Å². The maximum atomic E-state index is 13.0. The van der Waals surface area contributed by atoms with Crippen LogP contribution in [0.2, 0.25) is 0 Å². The van der Waals surface area contributed by atoms with Gasteiger partial charge in [-0.05, 0) is 12.8 Å². The van der Waals surface area contributed by atoms with E-state index in [1.165, 1.54) is 0 Å². The Morgan fingerprint density at radius 2 is 1.94 bits per heavy atom. The Balaban J connectivity index is 1.94. The van der Waals surface area contributed by atoms with Crippen molar-refractivity contribution in [3.63, 3.8) is 0 Å². The van der Waals surface area contributed by atoms with E-state index in [9.17, 15) is 18.1 Å². The van der Waals surface area contributed by atoms with Crippen molar-refractivity contribution in [1.29, 1.82) is 0 Å². The van der Waals surface area contributed by atoms with Gasteiger partial charge in [-0.3, -0.25) is 4.79 Å². The molecule has 0 aromatic carbocycles. The molecule has 0 spiro atoms. The average Bonchev–Trinajstić information content (AvgIpc) is 2.35. The molecule has 0 radical (unpaired) electrons. The van der Waals surface area contributed by atoms with Gasteiger partial charge in [0.15, 0.2) is 6.20 Å². The summed E-state index contributed by atoms with van der Waals surface area (Å²) in [6.45, 7) is 0. The van der Waals surface area contributed by atoms with Crippen molar-refractivity contribution in [3.8, 4) is 0 Å². The molecule has 3 nitrogen and oxygen atoms in total. The van der Waals surface area contributed by atoms with Crippen molar-refractivity contribution in [2.45, 2.75) is 38.4 Å². The molecule has 1 atom stereocenters. The summed E-state index contributed by atoms with van der Waals surface area (Å²) >= 11 is 0. The third kappa shape index (κ3) is 2.93. The molecule has 100 valence electrons. The number of hydrogen-bond acceptors (Lipinski definition) is 2. The van der Waals surface area contributed by atoms with Gasteiger partial charge in [-0.25, -0.2) is 0 Å². The van der Waals surface area contributed by atoms with Gasteiger partial charge in [0.05, 0.1) is 21.0 Å². The molecule has 1 heterocycles. The van der Waals surface area contributed by atoms with Crippen LogP contribution < -0.4 is 0 Å². The third-order valence-corrected chi connectivity index (χ3v) is 3.23. The minimum absolute atomic E-state index is 0.137. The maximum Gasteiger partial charge on any atom is 0.332 e. The number of quaternary nitrogens is 1. The second-order valence-electron chi connectivity index (χ2n) is 4.62. The monoisotopic (exact) mass is 262 g/mol. The highest BCUT2D eigenvalue weighted by Gasteiger charge is 2.41. The molecule has 2 rings (SSSR count). The van der Waals surface area contributed by atoms with Gasteiger partial charge in [-0.1, -0.05) is 19.3 Å². The number of esters is 1. The highest BCUT2D eigenvalue weighted by molar-refractivity contribution is 5.74. The predicted octanol–water partition coefficient (Wildman–Crippen LogP) is 3.40. The van der Waals surface area contributed by atoms with Crippen LogP contribution >= 0.6 is 0 Å². The fourth-order valence-electron chi connectivity index (χ4n) is 2.15. The average molecular weight is 262 g/mol. The second-order valence-corrected chi connectivity index (χ2v) is 4.62. The molecule has 6 heteroatoms. The van der Waals surface area contributed by atoms with Crippen LogP contribution in [0.1, 0.15) is 32.1 Å². The molecule has 0 aromatic rings. The summed E-state index contributed by atoms with van der Waals surface area (Å²) in [4.78, 5) is 8.85. The molecule has 0 bridgehead atoms. The molecule has 0 N–H and O–H groups in total. The number of hydrogen-bond donors (Lipinski definition) is 0. The molecule has 0 aromatic heterocycles. The number of ether oxygens (including phenoxy) is 1. The molecule has 1 unspecified atom stereocenters. The number of carbonyl (C=O) groups is 1. The minimum atomic E-state index is -2.87. The van der Waals surface area contributed by atoms with E-state index in [0.29, 0.717) is 12.3 Å². The van der Waals surface area contributed by atoms with Crippen molar-refractivity contribution in [2.75, 3.05) is 0 Å². The van der Waals surface area contributed by atoms with E-state index in [-0.39, 0.29) is 11.7 Å². The number of alkyl halides is 1. The Kier molecular flexibility index (Phi) is 3.75. The summed E-state index contributed by atoms with van der Waals surface area (Å²) in [6, 6.07) is 0. The smallest absolute Gasteiger partial charge is 0.332 e. The Morgan fingerprint density at radius 1 is 1.28 bits per heavy atom. The molecule has 1 saturated carbocycles. The third-order valence-electron chi connectivity index (χ3n) is 3.23. The topological polar surface area (TPSA) is 26.3 Å². The van der Waals surface area contributed by atoms with Crippen molar-refractivity contribution < 1.29 is 27.8 Å². The van der Waals surface area contributed by atoms with Gasteiger partial charge >= 0.3 is 12.3 Å². The number of halogens is 3. The van der Waals surface area contributed by atoms with E-state index in [2.05, 4.69) is 0 Å². The Hall–Kier alpha value is -1.30. The summed E-state index contributed by atoms with van der Waals surface area (Å²) in [5.74, 6) is -0.777. The Morgan fingerprint density at radius 3 is 2.56 bits per heavy atom. The number of carbonyl (C=O) groups excluding carboxylic acids is 1. The van der Waals surface area contributed by atoms with Crippen molar-refractivity contribution in [2.24, 2.45) is 5.92 Å². The number of nitrogens with zero attached hydrogens (tertiary/aromatic N) is 1. The van der Waals surface area contributed by atoms with Crippen LogP contribution in [-0.2, 0) is 9.53 Å². The zero-order valence-corrected chi connectivity index (χ0v) is 9.82. The zero-order valence-electron chi connectivity index (χ0n) is 9.82. The van der Waals surface area contributed by atoms with Gasteiger partial charge in [0.1, 0.15) is 10.7 Å². The van der Waals surface area contributed by atoms with E-state index in [0.717, 1.165) is 38.2 Å². The van der Waals surface area contributed by atoms with Crippen LogP contribution in [0.4, 0.5) is 13.4 Å². The molecule has 1 aliphatic carbocycles. The summed E-state index contributed by atoms with van der Waals surface area (Å²) in [5, 5.41) is 0. The van der Waals surface area contributed by atoms with Gasteiger partial charge in [0.2, 0.25) is 0 Å². The normalized spacial score (nSPS) is 27.7. The maximum absolute atomic E-state index is 13.0. The van der Waals surface area contributed by atoms with E-state index >= 15 is 0 Å². The number of allylic oxidation sites excluding steroid dienone is 1. The zero-order chi connectivity index (χ0) is 13.2. The summed E-state index contributed by atoms with van der Waals surface area (Å²) in [7, 11) is 0. The summed E-state index contributed by atoms with van der Waals surface area (Å²) in [6.07, 6.45) is 3.96. The Labute approximate surface area is 103 Å². The lowest BCUT2D eigenvalue weighted by molar-refractivity contribution is -1.15. The highest BCUT2D eigenvalue weighted by atomic mass is 19.4. The van der Waals surface area contributed by atoms with Crippen LogP contribution in [-0.4, -0.2) is 17.2 Å². The molecule has 1 aliphatic heterocycles. The van der Waals surface area contributed by atoms with Gasteiger partial charge in [-0.2, -0.15) is 4.39 Å². The quantitative estimate of drug-likeness (QED) is 0.433. The fourth-order valence-corrected chi connectivity index (χ4v) is 2.15. The standard InChI is InChI=1S/C12H15F3NO2/c13-11-8-10(6-7-16(11,14)15)18-12(17)9-4-2-1-3-5-9/h6-9,11H,1-5H2/q+1. The van der Waals surface area contributed by atoms with E-state index in [1.54, 1.807) is 0 Å². The minimum Gasteiger partial charge on any atom is -0.426 e. The molecule has 0 amide bonds. The first kappa shape index (κ1) is 13.1. The first-order valence-electron chi connectivity index (χ1n) is 6.03. The van der Waals surface area contributed by atoms with Gasteiger partial charge in [-0.15, -0.1) is 0 Å². The second kappa shape index (κ2) is 5.14. The highest BCUT2D eigenvalue weighted by Crippen LogP contribution is 2.29. The van der Waals surface area contributed by atoms with Crippen molar-refractivity contribution in [3.05, 3.63) is 24.1 Å². The predicted molar refractivity (Wildman–Crippen MR) is 57.3 cm³/mol. The Bertz CT molecular complexity index is 387. The van der Waals surface area contributed by atoms with Crippen LogP contribution in [0, 0.1) is 5.92 Å². The molecule has 2 aliphatic rings. The lowest BCUT2D eigenvalue weighted by Crippen LogP contribution is -2.34. The lowest BCUT2D eigenvalue weighted by Gasteiger charge is -2.21. The summed E-state index contributed by atoms with van der Waals surface area (Å²) < 4.78 is 43.5. The fraction of sp³-hybridized carbons (Fsp3) is 0.583. The molecular weight excluding hydrogens is 247 g/mol. The van der Waals surface area contributed by atoms with E-state index in [1.807, 2.05) is 0 Å².